The summed E-state index contributed by atoms with van der Waals surface area (Å²) in [6.07, 6.45) is 6.26. The lowest BCUT2D eigenvalue weighted by Crippen LogP contribution is -2.30. The highest BCUT2D eigenvalue weighted by atomic mass is 16.5. The Morgan fingerprint density at radius 3 is 2.65 bits per heavy atom. The molecule has 0 N–H and O–H groups in total. The molecule has 0 radical (unpaired) electrons. The number of hydrogen-bond acceptors (Lipinski definition) is 3. The van der Waals surface area contributed by atoms with E-state index in [4.69, 9.17) is 4.52 Å². The maximum Gasteiger partial charge on any atom is 0.137 e. The molecule has 20 heavy (non-hydrogen) atoms. The van der Waals surface area contributed by atoms with Crippen LogP contribution in [0.1, 0.15) is 31.4 Å². The van der Waals surface area contributed by atoms with E-state index in [-0.39, 0.29) is 0 Å². The molecule has 3 rings (SSSR count). The SMILES string of the molecule is c1ccc(-c2cc(CCCN3CCCCC3)on2)cc1. The predicted octanol–water partition coefficient (Wildman–Crippen LogP) is 3.76. The Balaban J connectivity index is 1.50. The summed E-state index contributed by atoms with van der Waals surface area (Å²) in [7, 11) is 0. The van der Waals surface area contributed by atoms with E-state index < -0.39 is 0 Å². The van der Waals surface area contributed by atoms with Gasteiger partial charge in [-0.2, -0.15) is 0 Å². The summed E-state index contributed by atoms with van der Waals surface area (Å²) in [6.45, 7) is 3.72. The summed E-state index contributed by atoms with van der Waals surface area (Å²) in [4.78, 5) is 2.57. The number of hydrogen-bond donors (Lipinski definition) is 0. The van der Waals surface area contributed by atoms with Crippen LogP contribution >= 0.6 is 0 Å². The van der Waals surface area contributed by atoms with Crippen molar-refractivity contribution in [1.29, 1.82) is 0 Å². The molecule has 106 valence electrons. The Labute approximate surface area is 120 Å². The summed E-state index contributed by atoms with van der Waals surface area (Å²) in [5.41, 5.74) is 2.07. The zero-order valence-corrected chi connectivity index (χ0v) is 11.9. The van der Waals surface area contributed by atoms with Gasteiger partial charge in [-0.15, -0.1) is 0 Å². The van der Waals surface area contributed by atoms with Crippen molar-refractivity contribution in [3.05, 3.63) is 42.2 Å². The average Bonchev–Trinajstić information content (AvgIpc) is 2.98. The number of likely N-dealkylation sites (tertiary alicyclic amines) is 1. The van der Waals surface area contributed by atoms with Crippen LogP contribution in [0.25, 0.3) is 11.3 Å². The topological polar surface area (TPSA) is 29.3 Å². The van der Waals surface area contributed by atoms with Crippen molar-refractivity contribution in [2.45, 2.75) is 32.1 Å². The van der Waals surface area contributed by atoms with Crippen LogP contribution in [0.15, 0.2) is 40.9 Å². The Morgan fingerprint density at radius 2 is 1.85 bits per heavy atom. The van der Waals surface area contributed by atoms with Gasteiger partial charge >= 0.3 is 0 Å². The monoisotopic (exact) mass is 270 g/mol. The summed E-state index contributed by atoms with van der Waals surface area (Å²) in [5, 5.41) is 4.16. The first-order chi connectivity index (χ1) is 9.92. The van der Waals surface area contributed by atoms with Crippen LogP contribution in [-0.4, -0.2) is 29.7 Å². The molecular formula is C17H22N2O. The van der Waals surface area contributed by atoms with Crippen LogP contribution in [-0.2, 0) is 6.42 Å². The van der Waals surface area contributed by atoms with Crippen molar-refractivity contribution in [2.24, 2.45) is 0 Å². The van der Waals surface area contributed by atoms with Crippen molar-refractivity contribution < 1.29 is 4.52 Å². The largest absolute Gasteiger partial charge is 0.361 e. The second kappa shape index (κ2) is 6.71. The second-order valence-corrected chi connectivity index (χ2v) is 5.55. The van der Waals surface area contributed by atoms with Gasteiger partial charge in [-0.3, -0.25) is 0 Å². The molecule has 1 aliphatic heterocycles. The van der Waals surface area contributed by atoms with Gasteiger partial charge in [0, 0.05) is 18.1 Å². The number of rotatable bonds is 5. The lowest BCUT2D eigenvalue weighted by atomic mass is 10.1. The summed E-state index contributed by atoms with van der Waals surface area (Å²) >= 11 is 0. The van der Waals surface area contributed by atoms with Crippen LogP contribution in [0.3, 0.4) is 0 Å². The standard InChI is InChI=1S/C17H22N2O/c1-3-8-15(9-4-1)17-14-16(20-18-17)10-7-13-19-11-5-2-6-12-19/h1,3-4,8-9,14H,2,5-7,10-13H2. The Morgan fingerprint density at radius 1 is 1.05 bits per heavy atom. The van der Waals surface area contributed by atoms with Gasteiger partial charge in [-0.05, 0) is 38.9 Å². The molecule has 3 nitrogen and oxygen atoms in total. The summed E-state index contributed by atoms with van der Waals surface area (Å²) < 4.78 is 5.44. The maximum atomic E-state index is 5.44. The highest BCUT2D eigenvalue weighted by Crippen LogP contribution is 2.19. The van der Waals surface area contributed by atoms with Crippen molar-refractivity contribution in [3.63, 3.8) is 0 Å². The molecule has 0 atom stereocenters. The lowest BCUT2D eigenvalue weighted by molar-refractivity contribution is 0.224. The van der Waals surface area contributed by atoms with Crippen LogP contribution < -0.4 is 0 Å². The van der Waals surface area contributed by atoms with E-state index in [0.29, 0.717) is 0 Å². The molecule has 2 heterocycles. The second-order valence-electron chi connectivity index (χ2n) is 5.55. The fourth-order valence-electron chi connectivity index (χ4n) is 2.84. The van der Waals surface area contributed by atoms with E-state index in [1.807, 2.05) is 18.2 Å². The first kappa shape index (κ1) is 13.4. The minimum atomic E-state index is 0.943. The smallest absolute Gasteiger partial charge is 0.137 e. The molecule has 1 saturated heterocycles. The summed E-state index contributed by atoms with van der Waals surface area (Å²) in [6, 6.07) is 12.3. The van der Waals surface area contributed by atoms with Crippen LogP contribution in [0.4, 0.5) is 0 Å². The van der Waals surface area contributed by atoms with E-state index in [9.17, 15) is 0 Å². The van der Waals surface area contributed by atoms with Crippen molar-refractivity contribution >= 4 is 0 Å². The van der Waals surface area contributed by atoms with Crippen molar-refractivity contribution in [1.82, 2.24) is 10.1 Å². The molecular weight excluding hydrogens is 248 g/mol. The van der Waals surface area contributed by atoms with Gasteiger partial charge in [0.2, 0.25) is 0 Å². The van der Waals surface area contributed by atoms with Gasteiger partial charge in [0.05, 0.1) is 0 Å². The van der Waals surface area contributed by atoms with Gasteiger partial charge < -0.3 is 9.42 Å². The van der Waals surface area contributed by atoms with Crippen molar-refractivity contribution in [3.8, 4) is 11.3 Å². The van der Waals surface area contributed by atoms with Crippen molar-refractivity contribution in [2.75, 3.05) is 19.6 Å². The molecule has 1 aromatic carbocycles. The Bertz CT molecular complexity index is 515. The van der Waals surface area contributed by atoms with E-state index in [1.165, 1.54) is 38.9 Å². The average molecular weight is 270 g/mol. The third-order valence-electron chi connectivity index (χ3n) is 3.97. The molecule has 0 spiro atoms. The highest BCUT2D eigenvalue weighted by Gasteiger charge is 2.10. The molecule has 0 aliphatic carbocycles. The molecule has 0 saturated carbocycles. The predicted molar refractivity (Wildman–Crippen MR) is 80.6 cm³/mol. The van der Waals surface area contributed by atoms with E-state index in [0.717, 1.165) is 29.9 Å². The molecule has 1 aromatic heterocycles. The number of piperidine rings is 1. The number of benzene rings is 1. The van der Waals surface area contributed by atoms with Crippen LogP contribution in [0.5, 0.6) is 0 Å². The molecule has 0 unspecified atom stereocenters. The fraction of sp³-hybridized carbons (Fsp3) is 0.471. The van der Waals surface area contributed by atoms with Gasteiger partial charge in [0.1, 0.15) is 11.5 Å². The molecule has 1 fully saturated rings. The highest BCUT2D eigenvalue weighted by molar-refractivity contribution is 5.58. The van der Waals surface area contributed by atoms with Gasteiger partial charge in [0.25, 0.3) is 0 Å². The minimum Gasteiger partial charge on any atom is -0.361 e. The lowest BCUT2D eigenvalue weighted by Gasteiger charge is -2.25. The molecule has 0 amide bonds. The third kappa shape index (κ3) is 3.48. The van der Waals surface area contributed by atoms with Gasteiger partial charge in [-0.25, -0.2) is 0 Å². The van der Waals surface area contributed by atoms with E-state index >= 15 is 0 Å². The minimum absolute atomic E-state index is 0.943. The zero-order chi connectivity index (χ0) is 13.6. The maximum absolute atomic E-state index is 5.44. The quantitative estimate of drug-likeness (QED) is 0.828. The number of nitrogens with zero attached hydrogens (tertiary/aromatic N) is 2. The van der Waals surface area contributed by atoms with Gasteiger partial charge in [-0.1, -0.05) is 41.9 Å². The molecule has 2 aromatic rings. The Kier molecular flexibility index (Phi) is 4.49. The molecule has 3 heteroatoms. The molecule has 0 bridgehead atoms. The first-order valence-electron chi connectivity index (χ1n) is 7.65. The number of aryl methyl sites for hydroxylation is 1. The third-order valence-corrected chi connectivity index (χ3v) is 3.97. The van der Waals surface area contributed by atoms with E-state index in [2.05, 4.69) is 28.3 Å². The normalized spacial score (nSPS) is 16.4. The summed E-state index contributed by atoms with van der Waals surface area (Å²) in [5.74, 6) is 1.00. The van der Waals surface area contributed by atoms with Crippen LogP contribution in [0.2, 0.25) is 0 Å². The molecule has 1 aliphatic rings. The van der Waals surface area contributed by atoms with Crippen LogP contribution in [0, 0.1) is 0 Å². The first-order valence-corrected chi connectivity index (χ1v) is 7.65. The number of aromatic nitrogens is 1. The van der Waals surface area contributed by atoms with Gasteiger partial charge in [0.15, 0.2) is 0 Å². The Hall–Kier alpha value is -1.61. The zero-order valence-electron chi connectivity index (χ0n) is 11.9. The van der Waals surface area contributed by atoms with E-state index in [1.54, 1.807) is 0 Å². The fourth-order valence-corrected chi connectivity index (χ4v) is 2.84.